The maximum Gasteiger partial charge on any atom is 0.192 e. The van der Waals surface area contributed by atoms with E-state index < -0.39 is 0 Å². The summed E-state index contributed by atoms with van der Waals surface area (Å²) in [6.07, 6.45) is 4.46. The zero-order valence-electron chi connectivity index (χ0n) is 16.2. The first-order chi connectivity index (χ1) is 14.1. The van der Waals surface area contributed by atoms with E-state index in [0.29, 0.717) is 5.02 Å². The van der Waals surface area contributed by atoms with Crippen LogP contribution in [0.2, 0.25) is 10.0 Å². The van der Waals surface area contributed by atoms with Gasteiger partial charge in [-0.05, 0) is 73.8 Å². The quantitative estimate of drug-likeness (QED) is 0.386. The van der Waals surface area contributed by atoms with E-state index in [1.165, 1.54) is 43.4 Å². The Morgan fingerprint density at radius 3 is 2.62 bits per heavy atom. The maximum atomic E-state index is 6.07. The largest absolute Gasteiger partial charge is 0.387 e. The summed E-state index contributed by atoms with van der Waals surface area (Å²) in [5.74, 6) is 0. The van der Waals surface area contributed by atoms with Crippen molar-refractivity contribution in [3.63, 3.8) is 0 Å². The molecule has 154 valence electrons. The Morgan fingerprint density at radius 1 is 1.14 bits per heavy atom. The van der Waals surface area contributed by atoms with Gasteiger partial charge in [0.25, 0.3) is 0 Å². The van der Waals surface area contributed by atoms with E-state index in [1.807, 2.05) is 42.8 Å². The van der Waals surface area contributed by atoms with Gasteiger partial charge in [0.15, 0.2) is 5.13 Å². The van der Waals surface area contributed by atoms with Crippen molar-refractivity contribution in [2.75, 3.05) is 30.2 Å². The standard InChI is InChI=1S/C11H14ClN.C10H10ClN3S2/c12-11-5-3-4-10(8-11)9-13-6-1-2-7-13;1-12-9-3-2-7(6-8(9)11)16-14-10-13-4-5-15-10/h3-5,8H,1-2,6-7,9H2;2-6,12H,1H3,(H,13,14). The molecule has 0 unspecified atom stereocenters. The topological polar surface area (TPSA) is 40.2 Å². The molecule has 8 heteroatoms. The Bertz CT molecular complexity index is 884. The minimum absolute atomic E-state index is 0.716. The molecule has 0 aliphatic carbocycles. The summed E-state index contributed by atoms with van der Waals surface area (Å²) < 4.78 is 3.15. The summed E-state index contributed by atoms with van der Waals surface area (Å²) >= 11 is 15.0. The van der Waals surface area contributed by atoms with E-state index in [4.69, 9.17) is 23.2 Å². The van der Waals surface area contributed by atoms with Gasteiger partial charge in [-0.2, -0.15) is 0 Å². The Kier molecular flexibility index (Phi) is 8.95. The number of rotatable bonds is 6. The number of nitrogens with one attached hydrogen (secondary N) is 2. The van der Waals surface area contributed by atoms with Crippen molar-refractivity contribution in [3.8, 4) is 0 Å². The first-order valence-electron chi connectivity index (χ1n) is 9.40. The van der Waals surface area contributed by atoms with Crippen LogP contribution in [-0.2, 0) is 6.54 Å². The number of anilines is 2. The Labute approximate surface area is 190 Å². The lowest BCUT2D eigenvalue weighted by Crippen LogP contribution is -2.18. The Hall–Kier alpha value is -1.44. The van der Waals surface area contributed by atoms with Gasteiger partial charge < -0.3 is 10.0 Å². The lowest BCUT2D eigenvalue weighted by atomic mass is 10.2. The highest BCUT2D eigenvalue weighted by atomic mass is 35.5. The number of likely N-dealkylation sites (tertiary alicyclic amines) is 1. The van der Waals surface area contributed by atoms with Crippen molar-refractivity contribution >= 4 is 57.3 Å². The van der Waals surface area contributed by atoms with Crippen LogP contribution in [0.15, 0.2) is 58.9 Å². The predicted octanol–water partition coefficient (Wildman–Crippen LogP) is 6.89. The smallest absolute Gasteiger partial charge is 0.192 e. The van der Waals surface area contributed by atoms with Crippen LogP contribution in [0.4, 0.5) is 10.8 Å². The molecule has 4 rings (SSSR count). The molecule has 4 nitrogen and oxygen atoms in total. The number of hydrogen-bond donors (Lipinski definition) is 2. The fraction of sp³-hybridized carbons (Fsp3) is 0.286. The zero-order valence-corrected chi connectivity index (χ0v) is 19.3. The van der Waals surface area contributed by atoms with Crippen molar-refractivity contribution in [1.29, 1.82) is 0 Å². The molecule has 29 heavy (non-hydrogen) atoms. The normalized spacial score (nSPS) is 13.6. The fourth-order valence-electron chi connectivity index (χ4n) is 2.97. The summed E-state index contributed by atoms with van der Waals surface area (Å²) in [4.78, 5) is 7.66. The molecule has 3 aromatic rings. The van der Waals surface area contributed by atoms with Gasteiger partial charge in [-0.1, -0.05) is 35.3 Å². The monoisotopic (exact) mass is 466 g/mol. The van der Waals surface area contributed by atoms with Crippen LogP contribution in [0.3, 0.4) is 0 Å². The highest BCUT2D eigenvalue weighted by molar-refractivity contribution is 8.00. The van der Waals surface area contributed by atoms with Gasteiger partial charge in [0, 0.05) is 35.1 Å². The molecule has 0 saturated carbocycles. The van der Waals surface area contributed by atoms with Gasteiger partial charge in [-0.25, -0.2) is 4.98 Å². The van der Waals surface area contributed by atoms with Crippen LogP contribution in [0.25, 0.3) is 0 Å². The van der Waals surface area contributed by atoms with Crippen molar-refractivity contribution in [2.24, 2.45) is 0 Å². The summed E-state index contributed by atoms with van der Waals surface area (Å²) in [5.41, 5.74) is 2.26. The molecule has 2 N–H and O–H groups in total. The molecule has 1 aliphatic heterocycles. The van der Waals surface area contributed by atoms with E-state index in [0.717, 1.165) is 27.3 Å². The van der Waals surface area contributed by atoms with Gasteiger partial charge in [-0.15, -0.1) is 11.3 Å². The van der Waals surface area contributed by atoms with Gasteiger partial charge in [-0.3, -0.25) is 4.90 Å². The molecule has 0 bridgehead atoms. The lowest BCUT2D eigenvalue weighted by Gasteiger charge is -2.14. The van der Waals surface area contributed by atoms with Gasteiger partial charge in [0.2, 0.25) is 0 Å². The summed E-state index contributed by atoms with van der Waals surface area (Å²) in [6.45, 7) is 3.54. The van der Waals surface area contributed by atoms with E-state index >= 15 is 0 Å². The summed E-state index contributed by atoms with van der Waals surface area (Å²) in [6, 6.07) is 14.0. The van der Waals surface area contributed by atoms with Crippen molar-refractivity contribution in [1.82, 2.24) is 9.88 Å². The molecular formula is C21H24Cl2N4S2. The van der Waals surface area contributed by atoms with E-state index in [-0.39, 0.29) is 0 Å². The molecule has 1 aromatic heterocycles. The van der Waals surface area contributed by atoms with Gasteiger partial charge >= 0.3 is 0 Å². The zero-order chi connectivity index (χ0) is 20.5. The number of aromatic nitrogens is 1. The Balaban J connectivity index is 0.000000169. The molecule has 1 saturated heterocycles. The SMILES string of the molecule is CNc1ccc(SNc2nccs2)cc1Cl.Clc1cccc(CN2CCCC2)c1. The van der Waals surface area contributed by atoms with Crippen LogP contribution >= 0.6 is 46.5 Å². The van der Waals surface area contributed by atoms with Crippen LogP contribution in [-0.4, -0.2) is 30.0 Å². The lowest BCUT2D eigenvalue weighted by molar-refractivity contribution is 0.331. The van der Waals surface area contributed by atoms with Crippen LogP contribution < -0.4 is 10.0 Å². The van der Waals surface area contributed by atoms with Crippen LogP contribution in [0.1, 0.15) is 18.4 Å². The minimum atomic E-state index is 0.716. The summed E-state index contributed by atoms with van der Waals surface area (Å²) in [5, 5.41) is 7.40. The maximum absolute atomic E-state index is 6.07. The molecule has 1 fully saturated rings. The molecule has 1 aliphatic rings. The number of hydrogen-bond acceptors (Lipinski definition) is 6. The molecule has 0 amide bonds. The second-order valence-corrected chi connectivity index (χ2v) is 9.16. The number of benzene rings is 2. The molecule has 0 spiro atoms. The van der Waals surface area contributed by atoms with Crippen LogP contribution in [0, 0.1) is 0 Å². The molecule has 2 aromatic carbocycles. The Morgan fingerprint density at radius 2 is 1.97 bits per heavy atom. The second-order valence-electron chi connectivity index (χ2n) is 6.55. The molecular weight excluding hydrogens is 443 g/mol. The number of halogens is 2. The fourth-order valence-corrected chi connectivity index (χ4v) is 4.79. The van der Waals surface area contributed by atoms with E-state index in [1.54, 1.807) is 17.5 Å². The highest BCUT2D eigenvalue weighted by Gasteiger charge is 2.11. The third kappa shape index (κ3) is 7.39. The highest BCUT2D eigenvalue weighted by Crippen LogP contribution is 2.29. The second kappa shape index (κ2) is 11.7. The average molecular weight is 467 g/mol. The third-order valence-electron chi connectivity index (χ3n) is 4.39. The molecule has 2 heterocycles. The van der Waals surface area contributed by atoms with E-state index in [2.05, 4.69) is 32.1 Å². The number of thiazole rings is 1. The predicted molar refractivity (Wildman–Crippen MR) is 129 cm³/mol. The van der Waals surface area contributed by atoms with E-state index in [9.17, 15) is 0 Å². The van der Waals surface area contributed by atoms with Crippen LogP contribution in [0.5, 0.6) is 0 Å². The minimum Gasteiger partial charge on any atom is -0.387 e. The summed E-state index contributed by atoms with van der Waals surface area (Å²) in [7, 11) is 1.85. The third-order valence-corrected chi connectivity index (χ3v) is 6.54. The van der Waals surface area contributed by atoms with Crippen molar-refractivity contribution in [3.05, 3.63) is 69.7 Å². The average Bonchev–Trinajstić information content (AvgIpc) is 3.41. The number of nitrogens with zero attached hydrogens (tertiary/aromatic N) is 2. The molecule has 0 atom stereocenters. The van der Waals surface area contributed by atoms with Gasteiger partial charge in [0.05, 0.1) is 10.7 Å². The first-order valence-corrected chi connectivity index (χ1v) is 11.9. The van der Waals surface area contributed by atoms with Gasteiger partial charge in [0.1, 0.15) is 0 Å². The van der Waals surface area contributed by atoms with Crippen molar-refractivity contribution in [2.45, 2.75) is 24.3 Å². The first kappa shape index (κ1) is 22.2. The van der Waals surface area contributed by atoms with Crippen molar-refractivity contribution < 1.29 is 0 Å². The molecule has 0 radical (unpaired) electrons.